The Bertz CT molecular complexity index is 849. The molecule has 0 fully saturated rings. The number of nitrogens with zero attached hydrogens (tertiary/aromatic N) is 1. The van der Waals surface area contributed by atoms with E-state index in [2.05, 4.69) is 66.3 Å². The number of H-pyrrole nitrogens is 1. The SMILES string of the molecule is CCN(CC)C1Cc2c[nH]c3ccc(OCc4ccccc4)c(c23)C1. The molecule has 1 aliphatic carbocycles. The average molecular weight is 334 g/mol. The summed E-state index contributed by atoms with van der Waals surface area (Å²) in [6.45, 7) is 7.32. The summed E-state index contributed by atoms with van der Waals surface area (Å²) in [5.74, 6) is 1.04. The first-order chi connectivity index (χ1) is 12.3. The second-order valence-corrected chi connectivity index (χ2v) is 6.84. The summed E-state index contributed by atoms with van der Waals surface area (Å²) in [7, 11) is 0. The van der Waals surface area contributed by atoms with Gasteiger partial charge in [0.1, 0.15) is 12.4 Å². The van der Waals surface area contributed by atoms with Crippen molar-refractivity contribution in [2.24, 2.45) is 0 Å². The molecule has 130 valence electrons. The van der Waals surface area contributed by atoms with E-state index in [9.17, 15) is 0 Å². The van der Waals surface area contributed by atoms with Crippen molar-refractivity contribution in [3.63, 3.8) is 0 Å². The van der Waals surface area contributed by atoms with Gasteiger partial charge in [0, 0.05) is 28.7 Å². The smallest absolute Gasteiger partial charge is 0.123 e. The summed E-state index contributed by atoms with van der Waals surface area (Å²) in [5, 5.41) is 1.38. The van der Waals surface area contributed by atoms with Crippen LogP contribution in [0.15, 0.2) is 48.7 Å². The Labute approximate surface area is 149 Å². The molecule has 0 bridgehead atoms. The summed E-state index contributed by atoms with van der Waals surface area (Å²) < 4.78 is 6.24. The van der Waals surface area contributed by atoms with E-state index >= 15 is 0 Å². The Hall–Kier alpha value is -2.26. The first-order valence-electron chi connectivity index (χ1n) is 9.32. The third-order valence-electron chi connectivity index (χ3n) is 5.45. The summed E-state index contributed by atoms with van der Waals surface area (Å²) in [6.07, 6.45) is 4.37. The zero-order valence-electron chi connectivity index (χ0n) is 15.1. The lowest BCUT2D eigenvalue weighted by atomic mass is 9.87. The number of ether oxygens (including phenoxy) is 1. The first-order valence-corrected chi connectivity index (χ1v) is 9.32. The van der Waals surface area contributed by atoms with E-state index in [-0.39, 0.29) is 0 Å². The van der Waals surface area contributed by atoms with Crippen LogP contribution in [0.1, 0.15) is 30.5 Å². The molecule has 1 heterocycles. The molecular formula is C22H26N2O. The van der Waals surface area contributed by atoms with E-state index < -0.39 is 0 Å². The third kappa shape index (κ3) is 3.05. The molecule has 0 saturated heterocycles. The van der Waals surface area contributed by atoms with Gasteiger partial charge in [-0.2, -0.15) is 0 Å². The second kappa shape index (κ2) is 6.93. The summed E-state index contributed by atoms with van der Waals surface area (Å²) in [4.78, 5) is 6.01. The Morgan fingerprint density at radius 2 is 1.84 bits per heavy atom. The van der Waals surface area contributed by atoms with Crippen molar-refractivity contribution in [2.45, 2.75) is 39.3 Å². The Balaban J connectivity index is 1.66. The van der Waals surface area contributed by atoms with Crippen molar-refractivity contribution in [1.29, 1.82) is 0 Å². The predicted octanol–water partition coefficient (Wildman–Crippen LogP) is 4.56. The maximum absolute atomic E-state index is 6.24. The largest absolute Gasteiger partial charge is 0.489 e. The lowest BCUT2D eigenvalue weighted by Crippen LogP contribution is -2.39. The van der Waals surface area contributed by atoms with Gasteiger partial charge in [-0.05, 0) is 49.2 Å². The highest BCUT2D eigenvalue weighted by molar-refractivity contribution is 5.89. The molecule has 2 aromatic carbocycles. The van der Waals surface area contributed by atoms with E-state index in [1.807, 2.05) is 6.07 Å². The highest BCUT2D eigenvalue weighted by Gasteiger charge is 2.27. The average Bonchev–Trinajstić information content (AvgIpc) is 3.07. The standard InChI is InChI=1S/C22H26N2O/c1-3-24(4-2)18-12-17-14-23-20-10-11-21(19(13-18)22(17)20)25-15-16-8-6-5-7-9-16/h5-11,14,18,23H,3-4,12-13,15H2,1-2H3. The maximum Gasteiger partial charge on any atom is 0.123 e. The molecule has 3 heteroatoms. The minimum Gasteiger partial charge on any atom is -0.489 e. The molecule has 3 nitrogen and oxygen atoms in total. The van der Waals surface area contributed by atoms with Crippen molar-refractivity contribution in [1.82, 2.24) is 9.88 Å². The number of aromatic nitrogens is 1. The van der Waals surface area contributed by atoms with Crippen molar-refractivity contribution in [3.8, 4) is 5.75 Å². The molecular weight excluding hydrogens is 308 g/mol. The second-order valence-electron chi connectivity index (χ2n) is 6.84. The van der Waals surface area contributed by atoms with Crippen LogP contribution in [0.2, 0.25) is 0 Å². The van der Waals surface area contributed by atoms with E-state index in [0.717, 1.165) is 31.7 Å². The Kier molecular flexibility index (Phi) is 4.50. The van der Waals surface area contributed by atoms with Gasteiger partial charge in [0.05, 0.1) is 0 Å². The van der Waals surface area contributed by atoms with E-state index in [4.69, 9.17) is 4.74 Å². The number of nitrogens with one attached hydrogen (secondary N) is 1. The van der Waals surface area contributed by atoms with Gasteiger partial charge in [0.2, 0.25) is 0 Å². The van der Waals surface area contributed by atoms with Gasteiger partial charge in [-0.15, -0.1) is 0 Å². The number of aromatic amines is 1. The topological polar surface area (TPSA) is 28.3 Å². The molecule has 3 aromatic rings. The highest BCUT2D eigenvalue weighted by atomic mass is 16.5. The number of likely N-dealkylation sites (N-methyl/N-ethyl adjacent to an activating group) is 1. The fourth-order valence-corrected chi connectivity index (χ4v) is 4.15. The molecule has 0 radical (unpaired) electrons. The monoisotopic (exact) mass is 334 g/mol. The normalized spacial score (nSPS) is 16.5. The van der Waals surface area contributed by atoms with Crippen LogP contribution in [-0.4, -0.2) is 29.0 Å². The van der Waals surface area contributed by atoms with E-state index in [1.54, 1.807) is 0 Å². The number of hydrogen-bond acceptors (Lipinski definition) is 2. The third-order valence-corrected chi connectivity index (χ3v) is 5.45. The van der Waals surface area contributed by atoms with E-state index in [1.165, 1.54) is 27.6 Å². The summed E-state index contributed by atoms with van der Waals surface area (Å²) >= 11 is 0. The van der Waals surface area contributed by atoms with Gasteiger partial charge in [-0.1, -0.05) is 44.2 Å². The minimum absolute atomic E-state index is 0.558. The molecule has 0 spiro atoms. The maximum atomic E-state index is 6.24. The zero-order valence-corrected chi connectivity index (χ0v) is 15.1. The molecule has 1 N–H and O–H groups in total. The van der Waals surface area contributed by atoms with Crippen LogP contribution < -0.4 is 4.74 Å². The van der Waals surface area contributed by atoms with Crippen LogP contribution >= 0.6 is 0 Å². The van der Waals surface area contributed by atoms with Crippen molar-refractivity contribution >= 4 is 10.9 Å². The van der Waals surface area contributed by atoms with E-state index in [0.29, 0.717) is 12.6 Å². The molecule has 0 saturated carbocycles. The Morgan fingerprint density at radius 1 is 1.04 bits per heavy atom. The quantitative estimate of drug-likeness (QED) is 0.716. The molecule has 1 atom stereocenters. The van der Waals surface area contributed by atoms with Gasteiger partial charge in [-0.25, -0.2) is 0 Å². The van der Waals surface area contributed by atoms with Crippen LogP contribution in [0.3, 0.4) is 0 Å². The van der Waals surface area contributed by atoms with Crippen molar-refractivity contribution < 1.29 is 4.74 Å². The minimum atomic E-state index is 0.558. The van der Waals surface area contributed by atoms with Crippen LogP contribution in [0, 0.1) is 0 Å². The highest BCUT2D eigenvalue weighted by Crippen LogP contribution is 2.37. The van der Waals surface area contributed by atoms with Crippen LogP contribution in [0.4, 0.5) is 0 Å². The van der Waals surface area contributed by atoms with Crippen LogP contribution in [0.25, 0.3) is 10.9 Å². The van der Waals surface area contributed by atoms with Crippen molar-refractivity contribution in [2.75, 3.05) is 13.1 Å². The fourth-order valence-electron chi connectivity index (χ4n) is 4.15. The lowest BCUT2D eigenvalue weighted by Gasteiger charge is -2.33. The number of benzene rings is 2. The van der Waals surface area contributed by atoms with Gasteiger partial charge in [0.25, 0.3) is 0 Å². The number of rotatable bonds is 6. The first kappa shape index (κ1) is 16.2. The lowest BCUT2D eigenvalue weighted by molar-refractivity contribution is 0.209. The van der Waals surface area contributed by atoms with Crippen LogP contribution in [0.5, 0.6) is 5.75 Å². The zero-order chi connectivity index (χ0) is 17.2. The van der Waals surface area contributed by atoms with Crippen molar-refractivity contribution in [3.05, 3.63) is 65.4 Å². The molecule has 25 heavy (non-hydrogen) atoms. The molecule has 0 aliphatic heterocycles. The van der Waals surface area contributed by atoms with Gasteiger partial charge in [-0.3, -0.25) is 0 Å². The van der Waals surface area contributed by atoms with Gasteiger partial charge >= 0.3 is 0 Å². The molecule has 1 unspecified atom stereocenters. The molecule has 1 aliphatic rings. The summed E-state index contributed by atoms with van der Waals surface area (Å²) in [5.41, 5.74) is 5.24. The molecule has 4 rings (SSSR count). The fraction of sp³-hybridized carbons (Fsp3) is 0.364. The van der Waals surface area contributed by atoms with Gasteiger partial charge < -0.3 is 14.6 Å². The van der Waals surface area contributed by atoms with Gasteiger partial charge in [0.15, 0.2) is 0 Å². The molecule has 1 aromatic heterocycles. The predicted molar refractivity (Wildman–Crippen MR) is 103 cm³/mol. The Morgan fingerprint density at radius 3 is 2.60 bits per heavy atom. The van der Waals surface area contributed by atoms with Crippen LogP contribution in [-0.2, 0) is 19.4 Å². The summed E-state index contributed by atoms with van der Waals surface area (Å²) in [6, 6.07) is 15.2. The molecule has 0 amide bonds. The number of hydrogen-bond donors (Lipinski definition) is 1.